The molecule has 0 saturated heterocycles. The van der Waals surface area contributed by atoms with Crippen LogP contribution in [-0.2, 0) is 9.53 Å². The third-order valence-electron chi connectivity index (χ3n) is 3.36. The van der Waals surface area contributed by atoms with Crippen molar-refractivity contribution in [2.24, 2.45) is 0 Å². The Bertz CT molecular complexity index is 916. The standard InChI is InChI=1S/C19H15F2N3O3/c1-2-27-19(26)13-6-3-4-9-16(13)24-18(25)12(10-22)11-23-17-14(20)7-5-8-15(17)21/h3-9,11,23H,2H2,1H3,(H,24,25)/b12-11-. The van der Waals surface area contributed by atoms with E-state index >= 15 is 0 Å². The fourth-order valence-electron chi connectivity index (χ4n) is 2.10. The summed E-state index contributed by atoms with van der Waals surface area (Å²) in [5.74, 6) is -3.26. The van der Waals surface area contributed by atoms with Gasteiger partial charge in [-0.1, -0.05) is 18.2 Å². The predicted molar refractivity (Wildman–Crippen MR) is 94.7 cm³/mol. The molecule has 0 atom stereocenters. The number of para-hydroxylation sites is 2. The SMILES string of the molecule is CCOC(=O)c1ccccc1NC(=O)/C(C#N)=C\Nc1c(F)cccc1F. The lowest BCUT2D eigenvalue weighted by molar-refractivity contribution is -0.112. The molecule has 0 aliphatic rings. The number of nitrogens with zero attached hydrogens (tertiary/aromatic N) is 1. The molecule has 1 amide bonds. The largest absolute Gasteiger partial charge is 0.462 e. The van der Waals surface area contributed by atoms with Crippen LogP contribution < -0.4 is 10.6 Å². The molecule has 0 radical (unpaired) electrons. The highest BCUT2D eigenvalue weighted by Gasteiger charge is 2.16. The normalized spacial score (nSPS) is 10.7. The maximum atomic E-state index is 13.6. The van der Waals surface area contributed by atoms with Gasteiger partial charge in [0.05, 0.1) is 17.9 Å². The summed E-state index contributed by atoms with van der Waals surface area (Å²) in [7, 11) is 0. The Balaban J connectivity index is 2.21. The number of anilines is 2. The summed E-state index contributed by atoms with van der Waals surface area (Å²) in [6.45, 7) is 1.80. The quantitative estimate of drug-likeness (QED) is 0.460. The number of hydrogen-bond acceptors (Lipinski definition) is 5. The van der Waals surface area contributed by atoms with Crippen LogP contribution in [0.3, 0.4) is 0 Å². The second-order valence-corrected chi connectivity index (χ2v) is 5.13. The van der Waals surface area contributed by atoms with Gasteiger partial charge in [0.1, 0.15) is 29.0 Å². The summed E-state index contributed by atoms with van der Waals surface area (Å²) >= 11 is 0. The van der Waals surface area contributed by atoms with Crippen molar-refractivity contribution in [1.82, 2.24) is 0 Å². The Kier molecular flexibility index (Phi) is 6.61. The van der Waals surface area contributed by atoms with Gasteiger partial charge in [0.25, 0.3) is 5.91 Å². The molecule has 27 heavy (non-hydrogen) atoms. The van der Waals surface area contributed by atoms with Gasteiger partial charge in [-0.2, -0.15) is 5.26 Å². The highest BCUT2D eigenvalue weighted by Crippen LogP contribution is 2.19. The molecule has 0 saturated carbocycles. The molecule has 0 aliphatic heterocycles. The van der Waals surface area contributed by atoms with Gasteiger partial charge in [0.2, 0.25) is 0 Å². The molecule has 0 unspecified atom stereocenters. The van der Waals surface area contributed by atoms with Crippen molar-refractivity contribution in [2.45, 2.75) is 6.92 Å². The van der Waals surface area contributed by atoms with Crippen molar-refractivity contribution in [1.29, 1.82) is 5.26 Å². The molecule has 0 aromatic heterocycles. The molecule has 0 heterocycles. The fraction of sp³-hybridized carbons (Fsp3) is 0.105. The molecule has 0 bridgehead atoms. The first-order chi connectivity index (χ1) is 13.0. The van der Waals surface area contributed by atoms with Crippen LogP contribution in [0.5, 0.6) is 0 Å². The minimum absolute atomic E-state index is 0.109. The molecule has 2 aromatic carbocycles. The second-order valence-electron chi connectivity index (χ2n) is 5.13. The number of carbonyl (C=O) groups is 2. The van der Waals surface area contributed by atoms with Crippen LogP contribution in [-0.4, -0.2) is 18.5 Å². The average molecular weight is 371 g/mol. The van der Waals surface area contributed by atoms with Gasteiger partial charge >= 0.3 is 5.97 Å². The second kappa shape index (κ2) is 9.10. The van der Waals surface area contributed by atoms with E-state index in [4.69, 9.17) is 10.00 Å². The van der Waals surface area contributed by atoms with Crippen LogP contribution in [0, 0.1) is 23.0 Å². The zero-order valence-electron chi connectivity index (χ0n) is 14.3. The van der Waals surface area contributed by atoms with Crippen LogP contribution in [0.25, 0.3) is 0 Å². The Morgan fingerprint density at radius 2 is 1.81 bits per heavy atom. The van der Waals surface area contributed by atoms with E-state index in [9.17, 15) is 18.4 Å². The minimum atomic E-state index is -0.878. The van der Waals surface area contributed by atoms with Crippen LogP contribution in [0.2, 0.25) is 0 Å². The lowest BCUT2D eigenvalue weighted by Gasteiger charge is -2.10. The van der Waals surface area contributed by atoms with Gasteiger partial charge in [-0.15, -0.1) is 0 Å². The van der Waals surface area contributed by atoms with E-state index in [-0.39, 0.29) is 17.9 Å². The van der Waals surface area contributed by atoms with Crippen molar-refractivity contribution in [3.8, 4) is 6.07 Å². The van der Waals surface area contributed by atoms with Crippen molar-refractivity contribution < 1.29 is 23.1 Å². The maximum absolute atomic E-state index is 13.6. The Morgan fingerprint density at radius 1 is 1.15 bits per heavy atom. The molecule has 2 N–H and O–H groups in total. The van der Waals surface area contributed by atoms with E-state index < -0.39 is 34.8 Å². The number of carbonyl (C=O) groups excluding carboxylic acids is 2. The summed E-state index contributed by atoms with van der Waals surface area (Å²) in [6, 6.07) is 11.0. The van der Waals surface area contributed by atoms with Gasteiger partial charge in [-0.3, -0.25) is 4.79 Å². The first kappa shape index (κ1) is 19.6. The van der Waals surface area contributed by atoms with Crippen molar-refractivity contribution in [3.05, 3.63) is 71.4 Å². The molecule has 2 rings (SSSR count). The van der Waals surface area contributed by atoms with Gasteiger partial charge < -0.3 is 15.4 Å². The third-order valence-corrected chi connectivity index (χ3v) is 3.36. The van der Waals surface area contributed by atoms with E-state index in [0.29, 0.717) is 0 Å². The van der Waals surface area contributed by atoms with E-state index in [2.05, 4.69) is 10.6 Å². The van der Waals surface area contributed by atoms with Gasteiger partial charge in [0, 0.05) is 6.20 Å². The molecule has 6 nitrogen and oxygen atoms in total. The summed E-state index contributed by atoms with van der Waals surface area (Å²) < 4.78 is 32.1. The predicted octanol–water partition coefficient (Wildman–Crippen LogP) is 3.60. The van der Waals surface area contributed by atoms with Crippen molar-refractivity contribution in [3.63, 3.8) is 0 Å². The zero-order valence-corrected chi connectivity index (χ0v) is 14.3. The molecular weight excluding hydrogens is 356 g/mol. The average Bonchev–Trinajstić information content (AvgIpc) is 2.65. The lowest BCUT2D eigenvalue weighted by Crippen LogP contribution is -2.17. The first-order valence-electron chi connectivity index (χ1n) is 7.86. The van der Waals surface area contributed by atoms with Crippen molar-refractivity contribution in [2.75, 3.05) is 17.2 Å². The van der Waals surface area contributed by atoms with Crippen molar-refractivity contribution >= 4 is 23.3 Å². The number of halogens is 2. The third kappa shape index (κ3) is 4.89. The summed E-state index contributed by atoms with van der Waals surface area (Å²) in [6.07, 6.45) is 0.879. The van der Waals surface area contributed by atoms with Gasteiger partial charge in [-0.05, 0) is 31.2 Å². The number of benzene rings is 2. The van der Waals surface area contributed by atoms with Crippen LogP contribution in [0.15, 0.2) is 54.2 Å². The molecule has 0 aliphatic carbocycles. The van der Waals surface area contributed by atoms with E-state index in [1.54, 1.807) is 25.1 Å². The number of nitrogens with one attached hydrogen (secondary N) is 2. The fourth-order valence-corrected chi connectivity index (χ4v) is 2.10. The Labute approximate surface area is 154 Å². The maximum Gasteiger partial charge on any atom is 0.340 e. The number of amides is 1. The molecule has 2 aromatic rings. The van der Waals surface area contributed by atoms with Crippen LogP contribution >= 0.6 is 0 Å². The van der Waals surface area contributed by atoms with Gasteiger partial charge in [0.15, 0.2) is 0 Å². The van der Waals surface area contributed by atoms with E-state index in [1.165, 1.54) is 18.2 Å². The summed E-state index contributed by atoms with van der Waals surface area (Å²) in [5, 5.41) is 13.8. The zero-order chi connectivity index (χ0) is 19.8. The van der Waals surface area contributed by atoms with E-state index in [1.807, 2.05) is 0 Å². The van der Waals surface area contributed by atoms with Crippen LogP contribution in [0.4, 0.5) is 20.2 Å². The monoisotopic (exact) mass is 371 g/mol. The summed E-state index contributed by atoms with van der Waals surface area (Å²) in [4.78, 5) is 24.2. The highest BCUT2D eigenvalue weighted by atomic mass is 19.1. The van der Waals surface area contributed by atoms with Crippen LogP contribution in [0.1, 0.15) is 17.3 Å². The molecule has 8 heteroatoms. The van der Waals surface area contributed by atoms with Gasteiger partial charge in [-0.25, -0.2) is 13.6 Å². The molecule has 0 spiro atoms. The number of esters is 1. The topological polar surface area (TPSA) is 91.2 Å². The minimum Gasteiger partial charge on any atom is -0.462 e. The number of hydrogen-bond donors (Lipinski definition) is 2. The summed E-state index contributed by atoms with van der Waals surface area (Å²) in [5.41, 5.74) is -0.696. The lowest BCUT2D eigenvalue weighted by atomic mass is 10.1. The Morgan fingerprint density at radius 3 is 2.44 bits per heavy atom. The van der Waals surface area contributed by atoms with E-state index in [0.717, 1.165) is 18.3 Å². The Hall–Kier alpha value is -3.73. The molecule has 138 valence electrons. The number of nitriles is 1. The smallest absolute Gasteiger partial charge is 0.340 e. The number of ether oxygens (including phenoxy) is 1. The number of rotatable bonds is 6. The highest BCUT2D eigenvalue weighted by molar-refractivity contribution is 6.09. The molecular formula is C19H15F2N3O3. The first-order valence-corrected chi connectivity index (χ1v) is 7.86. The molecule has 0 fully saturated rings.